The number of amides is 1. The van der Waals surface area contributed by atoms with Gasteiger partial charge in [-0.15, -0.1) is 0 Å². The molecule has 7 nitrogen and oxygen atoms in total. The molecular weight excluding hydrogens is 416 g/mol. The fourth-order valence-corrected chi connectivity index (χ4v) is 4.60. The summed E-state index contributed by atoms with van der Waals surface area (Å²) in [7, 11) is -3.85. The summed E-state index contributed by atoms with van der Waals surface area (Å²) in [5.74, 6) is -1.32. The number of esters is 1. The topological polar surface area (TPSA) is 92.8 Å². The lowest BCUT2D eigenvalue weighted by atomic mass is 10.2. The van der Waals surface area contributed by atoms with Crippen molar-refractivity contribution in [1.29, 1.82) is 0 Å². The number of benzene rings is 2. The Bertz CT molecular complexity index is 1000. The number of ether oxygens (including phenoxy) is 1. The highest BCUT2D eigenvalue weighted by atomic mass is 35.5. The summed E-state index contributed by atoms with van der Waals surface area (Å²) in [4.78, 5) is 24.2. The van der Waals surface area contributed by atoms with Crippen molar-refractivity contribution in [3.63, 3.8) is 0 Å². The SMILES string of the molecule is CCN(CC)S(=O)(=O)c1cc(C(=O)OCC(=O)Nc2ccccc2C)ccc1Cl. The van der Waals surface area contributed by atoms with E-state index in [1.807, 2.05) is 19.1 Å². The van der Waals surface area contributed by atoms with Crippen molar-refractivity contribution in [3.8, 4) is 0 Å². The van der Waals surface area contributed by atoms with Crippen molar-refractivity contribution in [2.24, 2.45) is 0 Å². The number of halogens is 1. The van der Waals surface area contributed by atoms with E-state index < -0.39 is 28.5 Å². The molecule has 0 aliphatic rings. The maximum atomic E-state index is 12.7. The van der Waals surface area contributed by atoms with E-state index in [2.05, 4.69) is 5.32 Å². The maximum Gasteiger partial charge on any atom is 0.338 e. The Kier molecular flexibility index (Phi) is 7.78. The van der Waals surface area contributed by atoms with E-state index in [0.717, 1.165) is 11.6 Å². The molecule has 2 aromatic rings. The molecule has 0 aliphatic heterocycles. The fourth-order valence-electron chi connectivity index (χ4n) is 2.64. The highest BCUT2D eigenvalue weighted by molar-refractivity contribution is 7.89. The molecule has 0 bridgehead atoms. The third kappa shape index (κ3) is 5.56. The van der Waals surface area contributed by atoms with Gasteiger partial charge in [-0.3, -0.25) is 4.79 Å². The molecule has 0 aliphatic carbocycles. The normalized spacial score (nSPS) is 11.3. The largest absolute Gasteiger partial charge is 0.452 e. The zero-order valence-corrected chi connectivity index (χ0v) is 18.0. The van der Waals surface area contributed by atoms with Gasteiger partial charge in [0.05, 0.1) is 10.6 Å². The van der Waals surface area contributed by atoms with Crippen molar-refractivity contribution >= 4 is 39.2 Å². The van der Waals surface area contributed by atoms with E-state index in [9.17, 15) is 18.0 Å². The van der Waals surface area contributed by atoms with E-state index in [0.29, 0.717) is 5.69 Å². The maximum absolute atomic E-state index is 12.7. The molecule has 9 heteroatoms. The predicted octanol–water partition coefficient (Wildman–Crippen LogP) is 3.47. The van der Waals surface area contributed by atoms with Gasteiger partial charge >= 0.3 is 5.97 Å². The number of aryl methyl sites for hydroxylation is 1. The zero-order valence-electron chi connectivity index (χ0n) is 16.4. The molecule has 0 spiro atoms. The van der Waals surface area contributed by atoms with Crippen molar-refractivity contribution in [1.82, 2.24) is 4.31 Å². The summed E-state index contributed by atoms with van der Waals surface area (Å²) >= 11 is 6.05. The lowest BCUT2D eigenvalue weighted by Gasteiger charge is -2.19. The average molecular weight is 439 g/mol. The van der Waals surface area contributed by atoms with Crippen molar-refractivity contribution < 1.29 is 22.7 Å². The molecule has 0 aromatic heterocycles. The van der Waals surface area contributed by atoms with Crippen LogP contribution in [0.5, 0.6) is 0 Å². The molecule has 29 heavy (non-hydrogen) atoms. The Morgan fingerprint density at radius 3 is 2.38 bits per heavy atom. The van der Waals surface area contributed by atoms with E-state index in [4.69, 9.17) is 16.3 Å². The second kappa shape index (κ2) is 9.87. The van der Waals surface area contributed by atoms with E-state index in [1.54, 1.807) is 26.0 Å². The third-order valence-corrected chi connectivity index (χ3v) is 6.78. The summed E-state index contributed by atoms with van der Waals surface area (Å²) in [6.45, 7) is 5.28. The molecule has 2 rings (SSSR count). The summed E-state index contributed by atoms with van der Waals surface area (Å²) in [5.41, 5.74) is 1.48. The standard InChI is InChI=1S/C20H23ClN2O5S/c1-4-23(5-2)29(26,27)18-12-15(10-11-16(18)21)20(25)28-13-19(24)22-17-9-7-6-8-14(17)3/h6-12H,4-5,13H2,1-3H3,(H,22,24). The van der Waals surface area contributed by atoms with Crippen molar-refractivity contribution in [3.05, 3.63) is 58.6 Å². The van der Waals surface area contributed by atoms with Crippen LogP contribution < -0.4 is 5.32 Å². The van der Waals surface area contributed by atoms with Crippen LogP contribution in [0.25, 0.3) is 0 Å². The number of carbonyl (C=O) groups is 2. The van der Waals surface area contributed by atoms with Gasteiger partial charge in [0, 0.05) is 18.8 Å². The highest BCUT2D eigenvalue weighted by Gasteiger charge is 2.26. The summed E-state index contributed by atoms with van der Waals surface area (Å²) in [6, 6.07) is 11.0. The number of anilines is 1. The zero-order chi connectivity index (χ0) is 21.6. The van der Waals surface area contributed by atoms with Gasteiger partial charge in [-0.05, 0) is 36.8 Å². The number of hydrogen-bond acceptors (Lipinski definition) is 5. The first-order chi connectivity index (χ1) is 13.7. The lowest BCUT2D eigenvalue weighted by molar-refractivity contribution is -0.119. The van der Waals surface area contributed by atoms with Gasteiger partial charge < -0.3 is 10.1 Å². The number of nitrogens with zero attached hydrogens (tertiary/aromatic N) is 1. The molecule has 0 heterocycles. The van der Waals surface area contributed by atoms with E-state index in [-0.39, 0.29) is 28.6 Å². The molecule has 2 aromatic carbocycles. The van der Waals surface area contributed by atoms with Gasteiger partial charge in [0.2, 0.25) is 10.0 Å². The van der Waals surface area contributed by atoms with Gasteiger partial charge in [-0.25, -0.2) is 13.2 Å². The van der Waals surface area contributed by atoms with E-state index >= 15 is 0 Å². The Morgan fingerprint density at radius 2 is 1.76 bits per heavy atom. The third-order valence-electron chi connectivity index (χ3n) is 4.24. The molecule has 0 saturated heterocycles. The molecule has 1 amide bonds. The van der Waals surface area contributed by atoms with Crippen LogP contribution in [0.15, 0.2) is 47.4 Å². The Balaban J connectivity index is 2.12. The van der Waals surface area contributed by atoms with E-state index in [1.165, 1.54) is 16.4 Å². The fraction of sp³-hybridized carbons (Fsp3) is 0.300. The molecule has 0 unspecified atom stereocenters. The molecule has 1 N–H and O–H groups in total. The van der Waals surface area contributed by atoms with Crippen LogP contribution in [0.4, 0.5) is 5.69 Å². The Labute approximate surface area is 175 Å². The lowest BCUT2D eigenvalue weighted by Crippen LogP contribution is -2.31. The van der Waals surface area contributed by atoms with Crippen LogP contribution in [0.1, 0.15) is 29.8 Å². The van der Waals surface area contributed by atoms with Crippen molar-refractivity contribution in [2.75, 3.05) is 25.0 Å². The Morgan fingerprint density at radius 1 is 1.10 bits per heavy atom. The number of carbonyl (C=O) groups excluding carboxylic acids is 2. The van der Waals surface area contributed by atoms with Crippen LogP contribution in [0.3, 0.4) is 0 Å². The van der Waals surface area contributed by atoms with Gasteiger partial charge in [-0.1, -0.05) is 43.6 Å². The minimum absolute atomic E-state index is 0.00532. The summed E-state index contributed by atoms with van der Waals surface area (Å²) in [6.07, 6.45) is 0. The summed E-state index contributed by atoms with van der Waals surface area (Å²) < 4.78 is 31.7. The monoisotopic (exact) mass is 438 g/mol. The predicted molar refractivity (Wildman–Crippen MR) is 112 cm³/mol. The highest BCUT2D eigenvalue weighted by Crippen LogP contribution is 2.26. The first-order valence-corrected chi connectivity index (χ1v) is 10.8. The number of para-hydroxylation sites is 1. The van der Waals surface area contributed by atoms with Crippen LogP contribution >= 0.6 is 11.6 Å². The molecule has 0 saturated carbocycles. The minimum Gasteiger partial charge on any atom is -0.452 e. The Hall–Kier alpha value is -2.42. The van der Waals surface area contributed by atoms with Gasteiger partial charge in [0.25, 0.3) is 5.91 Å². The minimum atomic E-state index is -3.85. The van der Waals surface area contributed by atoms with Gasteiger partial charge in [0.15, 0.2) is 6.61 Å². The molecular formula is C20H23ClN2O5S. The second-order valence-electron chi connectivity index (χ2n) is 6.17. The van der Waals surface area contributed by atoms with Gasteiger partial charge in [0.1, 0.15) is 4.90 Å². The number of nitrogens with one attached hydrogen (secondary N) is 1. The number of sulfonamides is 1. The summed E-state index contributed by atoms with van der Waals surface area (Å²) in [5, 5.41) is 2.66. The average Bonchev–Trinajstić information content (AvgIpc) is 2.69. The number of rotatable bonds is 8. The smallest absolute Gasteiger partial charge is 0.338 e. The van der Waals surface area contributed by atoms with Crippen LogP contribution in [0, 0.1) is 6.92 Å². The molecule has 0 radical (unpaired) electrons. The molecule has 0 atom stereocenters. The quantitative estimate of drug-likeness (QED) is 0.637. The first kappa shape index (κ1) is 22.9. The van der Waals surface area contributed by atoms with Crippen LogP contribution in [0.2, 0.25) is 5.02 Å². The van der Waals surface area contributed by atoms with Crippen molar-refractivity contribution in [2.45, 2.75) is 25.7 Å². The van der Waals surface area contributed by atoms with Crippen LogP contribution in [-0.4, -0.2) is 44.3 Å². The van der Waals surface area contributed by atoms with Gasteiger partial charge in [-0.2, -0.15) is 4.31 Å². The first-order valence-electron chi connectivity index (χ1n) is 9.03. The second-order valence-corrected chi connectivity index (χ2v) is 8.49. The molecule has 156 valence electrons. The number of hydrogen-bond donors (Lipinski definition) is 1. The molecule has 0 fully saturated rings. The van der Waals surface area contributed by atoms with Crippen LogP contribution in [-0.2, 0) is 19.6 Å².